The molecule has 6 heteroatoms. The van der Waals surface area contributed by atoms with Crippen molar-refractivity contribution < 1.29 is 18.6 Å². The van der Waals surface area contributed by atoms with Gasteiger partial charge in [0.1, 0.15) is 22.8 Å². The van der Waals surface area contributed by atoms with Crippen molar-refractivity contribution in [2.24, 2.45) is 0 Å². The van der Waals surface area contributed by atoms with Crippen molar-refractivity contribution in [2.45, 2.75) is 64.3 Å². The maximum absolute atomic E-state index is 13.4. The van der Waals surface area contributed by atoms with E-state index in [1.807, 2.05) is 52.2 Å². The Balaban J connectivity index is 0.000000209. The normalized spacial score (nSPS) is 17.0. The van der Waals surface area contributed by atoms with E-state index < -0.39 is 11.2 Å². The minimum atomic E-state index is -1.10. The molecule has 1 aliphatic heterocycles. The monoisotopic (exact) mass is 628 g/mol. The summed E-state index contributed by atoms with van der Waals surface area (Å²) < 4.78 is 33.0. The SMILES string of the molecule is Cc1ccc(C(O)(CCCN(C)C)c2ccc(F)cc2)c(C)c1.Cc1ccc2c(c1)COC2(CCCN(C)C)c1ccc(F)cc1. The summed E-state index contributed by atoms with van der Waals surface area (Å²) in [5.41, 5.74) is 7.08. The van der Waals surface area contributed by atoms with E-state index in [0.29, 0.717) is 13.0 Å². The molecule has 2 unspecified atom stereocenters. The van der Waals surface area contributed by atoms with Gasteiger partial charge in [0, 0.05) is 0 Å². The summed E-state index contributed by atoms with van der Waals surface area (Å²) in [6, 6.07) is 25.6. The Kier molecular flexibility index (Phi) is 11.9. The first-order valence-electron chi connectivity index (χ1n) is 16.2. The van der Waals surface area contributed by atoms with Crippen LogP contribution < -0.4 is 0 Å². The molecule has 0 amide bonds. The third-order valence-corrected chi connectivity index (χ3v) is 8.91. The number of fused-ring (bicyclic) bond motifs is 1. The minimum absolute atomic E-state index is 0.209. The standard InChI is InChI=1S/C20H24FNO.C20H26FNO/c1-15-5-10-19-16(13-15)14-23-20(19,11-4-12-22(2)3)17-6-8-18(21)9-7-17;1-15-6-11-19(16(2)14-15)20(23,12-5-13-22(3)4)17-7-9-18(21)10-8-17/h5-10,13H,4,11-12,14H2,1-3H3;6-11,14,23H,5,12-13H2,1-4H3. The molecule has 0 bridgehead atoms. The molecule has 5 rings (SSSR count). The van der Waals surface area contributed by atoms with E-state index in [9.17, 15) is 13.9 Å². The molecule has 46 heavy (non-hydrogen) atoms. The van der Waals surface area contributed by atoms with Crippen LogP contribution in [-0.2, 0) is 22.5 Å². The third-order valence-electron chi connectivity index (χ3n) is 8.91. The van der Waals surface area contributed by atoms with E-state index in [1.54, 1.807) is 12.1 Å². The fourth-order valence-electron chi connectivity index (χ4n) is 6.56. The molecule has 1 heterocycles. The van der Waals surface area contributed by atoms with Gasteiger partial charge in [0.2, 0.25) is 0 Å². The predicted molar refractivity (Wildman–Crippen MR) is 184 cm³/mol. The van der Waals surface area contributed by atoms with Gasteiger partial charge in [0.25, 0.3) is 0 Å². The summed E-state index contributed by atoms with van der Waals surface area (Å²) in [5.74, 6) is -0.496. The van der Waals surface area contributed by atoms with E-state index >= 15 is 0 Å². The number of halogens is 2. The van der Waals surface area contributed by atoms with Crippen molar-refractivity contribution in [3.8, 4) is 0 Å². The van der Waals surface area contributed by atoms with Crippen LogP contribution in [-0.4, -0.2) is 56.2 Å². The number of ether oxygens (including phenoxy) is 1. The van der Waals surface area contributed by atoms with Crippen LogP contribution in [0.3, 0.4) is 0 Å². The largest absolute Gasteiger partial charge is 0.380 e. The van der Waals surface area contributed by atoms with Crippen LogP contribution in [0.5, 0.6) is 0 Å². The van der Waals surface area contributed by atoms with E-state index in [-0.39, 0.29) is 11.6 Å². The summed E-state index contributed by atoms with van der Waals surface area (Å²) >= 11 is 0. The number of benzene rings is 4. The molecule has 0 saturated heterocycles. The fourth-order valence-corrected chi connectivity index (χ4v) is 6.56. The molecular formula is C40H50F2N2O2. The molecule has 0 saturated carbocycles. The number of aryl methyl sites for hydroxylation is 3. The summed E-state index contributed by atoms with van der Waals surface area (Å²) in [4.78, 5) is 4.29. The molecule has 1 aliphatic rings. The van der Waals surface area contributed by atoms with Gasteiger partial charge in [0.15, 0.2) is 0 Å². The molecule has 246 valence electrons. The van der Waals surface area contributed by atoms with Crippen LogP contribution in [0, 0.1) is 32.4 Å². The van der Waals surface area contributed by atoms with Crippen molar-refractivity contribution in [3.05, 3.63) is 141 Å². The fraction of sp³-hybridized carbons (Fsp3) is 0.400. The van der Waals surface area contributed by atoms with Crippen LogP contribution in [0.2, 0.25) is 0 Å². The van der Waals surface area contributed by atoms with Gasteiger partial charge >= 0.3 is 0 Å². The van der Waals surface area contributed by atoms with E-state index in [1.165, 1.54) is 46.5 Å². The lowest BCUT2D eigenvalue weighted by Gasteiger charge is -2.31. The van der Waals surface area contributed by atoms with E-state index in [2.05, 4.69) is 55.1 Å². The van der Waals surface area contributed by atoms with Crippen molar-refractivity contribution in [1.82, 2.24) is 9.80 Å². The van der Waals surface area contributed by atoms with Crippen LogP contribution in [0.15, 0.2) is 84.9 Å². The molecular weight excluding hydrogens is 578 g/mol. The van der Waals surface area contributed by atoms with Crippen LogP contribution >= 0.6 is 0 Å². The molecule has 4 aromatic carbocycles. The van der Waals surface area contributed by atoms with Gasteiger partial charge in [0.05, 0.1) is 6.61 Å². The summed E-state index contributed by atoms with van der Waals surface area (Å²) in [7, 11) is 8.21. The van der Waals surface area contributed by atoms with Crippen molar-refractivity contribution in [2.75, 3.05) is 41.3 Å². The lowest BCUT2D eigenvalue weighted by molar-refractivity contribution is -0.0140. The zero-order valence-corrected chi connectivity index (χ0v) is 28.5. The number of hydrogen-bond acceptors (Lipinski definition) is 4. The first kappa shape index (κ1) is 35.4. The van der Waals surface area contributed by atoms with Gasteiger partial charge in [-0.15, -0.1) is 0 Å². The van der Waals surface area contributed by atoms with Crippen molar-refractivity contribution in [1.29, 1.82) is 0 Å². The first-order chi connectivity index (χ1) is 21.8. The highest BCUT2D eigenvalue weighted by molar-refractivity contribution is 5.46. The highest BCUT2D eigenvalue weighted by Gasteiger charge is 2.41. The second-order valence-corrected chi connectivity index (χ2v) is 13.3. The Hall–Kier alpha value is -3.42. The Bertz CT molecular complexity index is 1560. The van der Waals surface area contributed by atoms with Gasteiger partial charge < -0.3 is 19.6 Å². The number of nitrogens with zero attached hydrogens (tertiary/aromatic N) is 2. The molecule has 0 spiro atoms. The summed E-state index contributed by atoms with van der Waals surface area (Å²) in [6.45, 7) is 8.69. The topological polar surface area (TPSA) is 35.9 Å². The van der Waals surface area contributed by atoms with Gasteiger partial charge in [-0.2, -0.15) is 0 Å². The van der Waals surface area contributed by atoms with Gasteiger partial charge in [-0.1, -0.05) is 71.8 Å². The average molecular weight is 629 g/mol. The number of hydrogen-bond donors (Lipinski definition) is 1. The second kappa shape index (κ2) is 15.4. The molecule has 0 aliphatic carbocycles. The molecule has 0 aromatic heterocycles. The van der Waals surface area contributed by atoms with Gasteiger partial charge in [-0.05, 0) is 145 Å². The summed E-state index contributed by atoms with van der Waals surface area (Å²) in [5, 5.41) is 11.5. The molecule has 0 fully saturated rings. The number of rotatable bonds is 11. The molecule has 4 nitrogen and oxygen atoms in total. The lowest BCUT2D eigenvalue weighted by Crippen LogP contribution is -2.30. The van der Waals surface area contributed by atoms with Crippen molar-refractivity contribution >= 4 is 0 Å². The van der Waals surface area contributed by atoms with Crippen molar-refractivity contribution in [3.63, 3.8) is 0 Å². The minimum Gasteiger partial charge on any atom is -0.380 e. The second-order valence-electron chi connectivity index (χ2n) is 13.3. The highest BCUT2D eigenvalue weighted by atomic mass is 19.1. The van der Waals surface area contributed by atoms with Crippen LogP contribution in [0.1, 0.15) is 70.2 Å². The molecule has 1 N–H and O–H groups in total. The number of aliphatic hydroxyl groups is 1. The van der Waals surface area contributed by atoms with Gasteiger partial charge in [-0.25, -0.2) is 8.78 Å². The highest BCUT2D eigenvalue weighted by Crippen LogP contribution is 2.45. The Morgan fingerprint density at radius 1 is 0.739 bits per heavy atom. The van der Waals surface area contributed by atoms with Crippen LogP contribution in [0.25, 0.3) is 0 Å². The predicted octanol–water partition coefficient (Wildman–Crippen LogP) is 8.27. The van der Waals surface area contributed by atoms with Gasteiger partial charge in [-0.3, -0.25) is 0 Å². The van der Waals surface area contributed by atoms with E-state index in [4.69, 9.17) is 4.74 Å². The lowest BCUT2D eigenvalue weighted by atomic mass is 9.80. The average Bonchev–Trinajstić information content (AvgIpc) is 3.36. The quantitative estimate of drug-likeness (QED) is 0.181. The first-order valence-corrected chi connectivity index (χ1v) is 16.2. The van der Waals surface area contributed by atoms with E-state index in [0.717, 1.165) is 54.6 Å². The third kappa shape index (κ3) is 8.48. The Morgan fingerprint density at radius 3 is 1.91 bits per heavy atom. The molecule has 2 atom stereocenters. The zero-order chi connectivity index (χ0) is 33.5. The Morgan fingerprint density at radius 2 is 1.30 bits per heavy atom. The van der Waals surface area contributed by atoms with Crippen LogP contribution in [0.4, 0.5) is 8.78 Å². The molecule has 0 radical (unpaired) electrons. The Labute approximate surface area is 274 Å². The maximum atomic E-state index is 13.4. The summed E-state index contributed by atoms with van der Waals surface area (Å²) in [6.07, 6.45) is 3.37. The zero-order valence-electron chi connectivity index (χ0n) is 28.5. The smallest absolute Gasteiger partial charge is 0.123 e. The maximum Gasteiger partial charge on any atom is 0.123 e. The molecule has 4 aromatic rings.